The third-order valence-electron chi connectivity index (χ3n) is 4.13. The van der Waals surface area contributed by atoms with Gasteiger partial charge in [0.15, 0.2) is 16.6 Å². The van der Waals surface area contributed by atoms with Crippen LogP contribution in [0.5, 0.6) is 5.75 Å². The van der Waals surface area contributed by atoms with Gasteiger partial charge < -0.3 is 10.1 Å². The van der Waals surface area contributed by atoms with Crippen LogP contribution in [0.4, 0.5) is 10.1 Å². The lowest BCUT2D eigenvalue weighted by Gasteiger charge is -2.10. The number of carbonyl (C=O) groups is 1. The van der Waals surface area contributed by atoms with Crippen LogP contribution in [0, 0.1) is 5.82 Å². The molecule has 30 heavy (non-hydrogen) atoms. The molecule has 0 unspecified atom stereocenters. The zero-order chi connectivity index (χ0) is 21.1. The summed E-state index contributed by atoms with van der Waals surface area (Å²) in [5, 5.41) is 5.70. The Hall–Kier alpha value is -3.66. The predicted molar refractivity (Wildman–Crippen MR) is 111 cm³/mol. The number of nitrogens with one attached hydrogen (secondary N) is 2. The fourth-order valence-electron chi connectivity index (χ4n) is 2.79. The van der Waals surface area contributed by atoms with E-state index in [2.05, 4.69) is 20.4 Å². The van der Waals surface area contributed by atoms with Gasteiger partial charge in [0, 0.05) is 11.8 Å². The van der Waals surface area contributed by atoms with Crippen LogP contribution in [-0.2, 0) is 4.79 Å². The van der Waals surface area contributed by atoms with E-state index in [0.29, 0.717) is 33.6 Å². The number of aromatic nitrogens is 4. The molecule has 0 aliphatic carbocycles. The number of carbonyl (C=O) groups excluding carboxylic acids is 1. The molecule has 2 aromatic carbocycles. The van der Waals surface area contributed by atoms with Gasteiger partial charge in [-0.25, -0.2) is 18.9 Å². The first-order chi connectivity index (χ1) is 14.5. The number of aromatic amines is 1. The van der Waals surface area contributed by atoms with Crippen LogP contribution in [0.15, 0.2) is 64.5 Å². The van der Waals surface area contributed by atoms with E-state index in [1.54, 1.807) is 13.2 Å². The number of hydrogen-bond acceptors (Lipinski definition) is 6. The third-order valence-corrected chi connectivity index (χ3v) is 5.07. The van der Waals surface area contributed by atoms with Crippen molar-refractivity contribution in [2.45, 2.75) is 5.16 Å². The van der Waals surface area contributed by atoms with Crippen LogP contribution in [0.25, 0.3) is 17.0 Å². The standard InChI is InChI=1S/C20H16FN5O3S/c1-29-15-5-3-2-4-14(15)19-23-16-10-17(27)25-26(16)20(24-19)30-11-18(28)22-13-8-6-12(21)7-9-13/h2-10H,11H2,1H3,(H,22,28)(H,25,27). The lowest BCUT2D eigenvalue weighted by atomic mass is 10.2. The van der Waals surface area contributed by atoms with Crippen molar-refractivity contribution < 1.29 is 13.9 Å². The van der Waals surface area contributed by atoms with Crippen molar-refractivity contribution in [3.63, 3.8) is 0 Å². The number of nitrogens with zero attached hydrogens (tertiary/aromatic N) is 3. The summed E-state index contributed by atoms with van der Waals surface area (Å²) >= 11 is 1.13. The molecular formula is C20H16FN5O3S. The predicted octanol–water partition coefficient (Wildman–Crippen LogP) is 2.96. The van der Waals surface area contributed by atoms with E-state index in [-0.39, 0.29) is 23.0 Å². The van der Waals surface area contributed by atoms with Crippen molar-refractivity contribution in [3.8, 4) is 17.1 Å². The average Bonchev–Trinajstić information content (AvgIpc) is 3.13. The minimum Gasteiger partial charge on any atom is -0.496 e. The molecule has 2 N–H and O–H groups in total. The number of thioether (sulfide) groups is 1. The molecule has 0 saturated carbocycles. The summed E-state index contributed by atoms with van der Waals surface area (Å²) in [5.41, 5.74) is 1.18. The maximum absolute atomic E-state index is 13.0. The van der Waals surface area contributed by atoms with E-state index in [1.807, 2.05) is 18.2 Å². The minimum absolute atomic E-state index is 0.0229. The molecule has 0 bridgehead atoms. The fourth-order valence-corrected chi connectivity index (χ4v) is 3.54. The lowest BCUT2D eigenvalue weighted by molar-refractivity contribution is -0.113. The molecule has 0 atom stereocenters. The molecule has 0 radical (unpaired) electrons. The van der Waals surface area contributed by atoms with Crippen LogP contribution in [0.2, 0.25) is 0 Å². The number of rotatable bonds is 6. The highest BCUT2D eigenvalue weighted by Gasteiger charge is 2.15. The fraction of sp³-hybridized carbons (Fsp3) is 0.100. The Balaban J connectivity index is 1.62. The second-order valence-electron chi connectivity index (χ2n) is 6.19. The molecule has 0 saturated heterocycles. The van der Waals surface area contributed by atoms with Crippen molar-refractivity contribution >= 4 is 29.0 Å². The summed E-state index contributed by atoms with van der Waals surface area (Å²) in [5.74, 6) is 0.297. The number of methoxy groups -OCH3 is 1. The number of ether oxygens (including phenoxy) is 1. The summed E-state index contributed by atoms with van der Waals surface area (Å²) in [6.07, 6.45) is 0. The first kappa shape index (κ1) is 19.6. The Morgan fingerprint density at radius 1 is 1.20 bits per heavy atom. The Labute approximate surface area is 174 Å². The van der Waals surface area contributed by atoms with Crippen LogP contribution in [0.1, 0.15) is 0 Å². The highest BCUT2D eigenvalue weighted by atomic mass is 32.2. The molecule has 0 aliphatic rings. The Kier molecular flexibility index (Phi) is 5.48. The Morgan fingerprint density at radius 3 is 2.73 bits per heavy atom. The smallest absolute Gasteiger partial charge is 0.266 e. The first-order valence-corrected chi connectivity index (χ1v) is 9.83. The van der Waals surface area contributed by atoms with Gasteiger partial charge in [0.2, 0.25) is 5.91 Å². The highest BCUT2D eigenvalue weighted by molar-refractivity contribution is 7.99. The van der Waals surface area contributed by atoms with Crippen LogP contribution < -0.4 is 15.6 Å². The van der Waals surface area contributed by atoms with Gasteiger partial charge in [-0.05, 0) is 36.4 Å². The van der Waals surface area contributed by atoms with Gasteiger partial charge in [0.25, 0.3) is 5.56 Å². The molecule has 10 heteroatoms. The molecule has 0 fully saturated rings. The average molecular weight is 425 g/mol. The van der Waals surface area contributed by atoms with Crippen molar-refractivity contribution in [2.75, 3.05) is 18.2 Å². The largest absolute Gasteiger partial charge is 0.496 e. The molecule has 4 aromatic rings. The van der Waals surface area contributed by atoms with E-state index in [0.717, 1.165) is 11.8 Å². The molecule has 1 amide bonds. The Morgan fingerprint density at radius 2 is 1.97 bits per heavy atom. The number of halogens is 1. The molecule has 4 rings (SSSR count). The zero-order valence-electron chi connectivity index (χ0n) is 15.8. The van der Waals surface area contributed by atoms with Crippen molar-refractivity contribution in [3.05, 3.63) is 70.8 Å². The van der Waals surface area contributed by atoms with Crippen LogP contribution in [-0.4, -0.2) is 38.4 Å². The highest BCUT2D eigenvalue weighted by Crippen LogP contribution is 2.28. The molecule has 8 nitrogen and oxygen atoms in total. The number of H-pyrrole nitrogens is 1. The van der Waals surface area contributed by atoms with Gasteiger partial charge in [0.1, 0.15) is 11.6 Å². The summed E-state index contributed by atoms with van der Waals surface area (Å²) in [6, 6.07) is 14.1. The van der Waals surface area contributed by atoms with E-state index < -0.39 is 0 Å². The number of para-hydroxylation sites is 1. The van der Waals surface area contributed by atoms with Gasteiger partial charge >= 0.3 is 0 Å². The number of benzene rings is 2. The third kappa shape index (κ3) is 4.18. The molecule has 2 aromatic heterocycles. The van der Waals surface area contributed by atoms with Gasteiger partial charge in [-0.2, -0.15) is 0 Å². The zero-order valence-corrected chi connectivity index (χ0v) is 16.6. The summed E-state index contributed by atoms with van der Waals surface area (Å²) < 4.78 is 19.8. The monoisotopic (exact) mass is 425 g/mol. The number of amides is 1. The van der Waals surface area contributed by atoms with Crippen molar-refractivity contribution in [1.82, 2.24) is 19.6 Å². The van der Waals surface area contributed by atoms with E-state index in [4.69, 9.17) is 4.74 Å². The normalized spacial score (nSPS) is 10.9. The first-order valence-electron chi connectivity index (χ1n) is 8.85. The molecular weight excluding hydrogens is 409 g/mol. The number of fused-ring (bicyclic) bond motifs is 1. The summed E-state index contributed by atoms with van der Waals surface area (Å²) in [6.45, 7) is 0. The molecule has 2 heterocycles. The van der Waals surface area contributed by atoms with Gasteiger partial charge in [-0.3, -0.25) is 14.7 Å². The summed E-state index contributed by atoms with van der Waals surface area (Å²) in [7, 11) is 1.55. The quantitative estimate of drug-likeness (QED) is 0.461. The number of hydrogen-bond donors (Lipinski definition) is 2. The van der Waals surface area contributed by atoms with Gasteiger partial charge in [-0.1, -0.05) is 23.9 Å². The van der Waals surface area contributed by atoms with E-state index >= 15 is 0 Å². The summed E-state index contributed by atoms with van der Waals surface area (Å²) in [4.78, 5) is 33.1. The Bertz CT molecular complexity index is 1270. The molecule has 0 spiro atoms. The van der Waals surface area contributed by atoms with E-state index in [1.165, 1.54) is 34.8 Å². The van der Waals surface area contributed by atoms with Crippen molar-refractivity contribution in [1.29, 1.82) is 0 Å². The lowest BCUT2D eigenvalue weighted by Crippen LogP contribution is -2.15. The van der Waals surface area contributed by atoms with Gasteiger partial charge in [0.05, 0.1) is 18.4 Å². The second kappa shape index (κ2) is 8.37. The van der Waals surface area contributed by atoms with Crippen molar-refractivity contribution in [2.24, 2.45) is 0 Å². The maximum Gasteiger partial charge on any atom is 0.266 e. The molecule has 0 aliphatic heterocycles. The molecule has 152 valence electrons. The topological polar surface area (TPSA) is 101 Å². The number of anilines is 1. The minimum atomic E-state index is -0.383. The SMILES string of the molecule is COc1ccccc1-c1nc(SCC(=O)Nc2ccc(F)cc2)n2[nH]c(=O)cc2n1. The van der Waals surface area contributed by atoms with Crippen LogP contribution >= 0.6 is 11.8 Å². The second-order valence-corrected chi connectivity index (χ2v) is 7.13. The maximum atomic E-state index is 13.0. The van der Waals surface area contributed by atoms with E-state index in [9.17, 15) is 14.0 Å². The van der Waals surface area contributed by atoms with Gasteiger partial charge in [-0.15, -0.1) is 0 Å². The van der Waals surface area contributed by atoms with Crippen LogP contribution in [0.3, 0.4) is 0 Å².